The zero-order valence-electron chi connectivity index (χ0n) is 17.8. The number of halogens is 3. The maximum atomic E-state index is 13.3. The molecule has 1 atom stereocenters. The first-order chi connectivity index (χ1) is 15.7. The Kier molecular flexibility index (Phi) is 5.36. The summed E-state index contributed by atoms with van der Waals surface area (Å²) in [5.41, 5.74) is 6.27. The van der Waals surface area contributed by atoms with Crippen LogP contribution in [0.4, 0.5) is 19.1 Å². The Balaban J connectivity index is 1.51. The van der Waals surface area contributed by atoms with Crippen molar-refractivity contribution in [2.75, 3.05) is 18.0 Å². The highest BCUT2D eigenvalue weighted by Crippen LogP contribution is 2.33. The van der Waals surface area contributed by atoms with E-state index in [2.05, 4.69) is 20.0 Å². The first-order valence-electron chi connectivity index (χ1n) is 10.7. The lowest BCUT2D eigenvalue weighted by Crippen LogP contribution is -2.44. The second-order valence-corrected chi connectivity index (χ2v) is 9.25. The maximum Gasteiger partial charge on any atom is 0.416 e. The lowest BCUT2D eigenvalue weighted by atomic mass is 10.1. The first kappa shape index (κ1) is 21.8. The Morgan fingerprint density at radius 1 is 1.24 bits per heavy atom. The fraction of sp³-hybridized carbons (Fsp3) is 0.429. The topological polar surface area (TPSA) is 94.9 Å². The number of alkyl halides is 3. The quantitative estimate of drug-likeness (QED) is 0.485. The van der Waals surface area contributed by atoms with E-state index in [9.17, 15) is 18.0 Å². The summed E-state index contributed by atoms with van der Waals surface area (Å²) in [6, 6.07) is 3.53. The molecule has 12 heteroatoms. The van der Waals surface area contributed by atoms with Gasteiger partial charge in [-0.25, -0.2) is 14.6 Å². The van der Waals surface area contributed by atoms with E-state index < -0.39 is 11.7 Å². The third-order valence-corrected chi connectivity index (χ3v) is 6.85. The molecule has 0 unspecified atom stereocenters. The molecule has 1 aliphatic heterocycles. The number of piperidine rings is 1. The van der Waals surface area contributed by atoms with Crippen LogP contribution in [0.2, 0.25) is 0 Å². The lowest BCUT2D eigenvalue weighted by molar-refractivity contribution is -0.137. The number of aromatic nitrogens is 5. The minimum atomic E-state index is -4.43. The summed E-state index contributed by atoms with van der Waals surface area (Å²) in [5, 5.41) is 4.75. The number of aryl methyl sites for hydroxylation is 1. The minimum Gasteiger partial charge on any atom is -0.341 e. The standard InChI is InChI=1S/C21H22F3N7OS/c1-2-30-18-15(28-20(30)29-7-3-4-13(25)10-29)9-26-31(19(18)32)11-17-27-14-8-12(21(22,23)24)5-6-16(14)33-17/h5-6,8-9,13H,2-4,7,10-11,25H2,1H3/t13-/m1/s1. The van der Waals surface area contributed by atoms with Gasteiger partial charge in [0, 0.05) is 25.7 Å². The van der Waals surface area contributed by atoms with Crippen LogP contribution in [0.5, 0.6) is 0 Å². The van der Waals surface area contributed by atoms with Gasteiger partial charge in [-0.3, -0.25) is 4.79 Å². The Morgan fingerprint density at radius 2 is 2.06 bits per heavy atom. The molecule has 0 radical (unpaired) electrons. The van der Waals surface area contributed by atoms with E-state index >= 15 is 0 Å². The first-order valence-corrected chi connectivity index (χ1v) is 11.5. The second kappa shape index (κ2) is 8.10. The van der Waals surface area contributed by atoms with Gasteiger partial charge in [0.2, 0.25) is 5.95 Å². The van der Waals surface area contributed by atoms with Crippen LogP contribution < -0.4 is 16.2 Å². The number of benzene rings is 1. The second-order valence-electron chi connectivity index (χ2n) is 8.13. The Bertz CT molecular complexity index is 1390. The molecule has 1 aromatic carbocycles. The van der Waals surface area contributed by atoms with E-state index in [4.69, 9.17) is 5.73 Å². The van der Waals surface area contributed by atoms with Gasteiger partial charge in [-0.1, -0.05) is 0 Å². The summed E-state index contributed by atoms with van der Waals surface area (Å²) in [5.74, 6) is 0.707. The molecule has 33 heavy (non-hydrogen) atoms. The van der Waals surface area contributed by atoms with Crippen molar-refractivity contribution in [3.63, 3.8) is 0 Å². The minimum absolute atomic E-state index is 0.0638. The average molecular weight is 478 g/mol. The van der Waals surface area contributed by atoms with Gasteiger partial charge in [-0.15, -0.1) is 11.3 Å². The van der Waals surface area contributed by atoms with E-state index in [1.54, 1.807) is 6.20 Å². The molecule has 0 amide bonds. The lowest BCUT2D eigenvalue weighted by Gasteiger charge is -2.31. The largest absolute Gasteiger partial charge is 0.416 e. The molecule has 1 aliphatic rings. The number of imidazole rings is 1. The van der Waals surface area contributed by atoms with Gasteiger partial charge in [-0.2, -0.15) is 18.3 Å². The van der Waals surface area contributed by atoms with Crippen LogP contribution in [0.15, 0.2) is 29.2 Å². The molecule has 1 saturated heterocycles. The third-order valence-electron chi connectivity index (χ3n) is 5.83. The Morgan fingerprint density at radius 3 is 2.79 bits per heavy atom. The summed E-state index contributed by atoms with van der Waals surface area (Å²) in [4.78, 5) is 24.4. The molecule has 0 spiro atoms. The average Bonchev–Trinajstić information content (AvgIpc) is 3.35. The third kappa shape index (κ3) is 3.97. The zero-order valence-corrected chi connectivity index (χ0v) is 18.7. The summed E-state index contributed by atoms with van der Waals surface area (Å²) in [6.45, 7) is 4.07. The molecule has 4 heterocycles. The van der Waals surface area contributed by atoms with Crippen molar-refractivity contribution in [2.24, 2.45) is 5.73 Å². The molecule has 2 N–H and O–H groups in total. The summed E-state index contributed by atoms with van der Waals surface area (Å²) < 4.78 is 42.8. The predicted molar refractivity (Wildman–Crippen MR) is 121 cm³/mol. The van der Waals surface area contributed by atoms with Crippen molar-refractivity contribution in [3.05, 3.63) is 45.3 Å². The number of fused-ring (bicyclic) bond motifs is 2. The van der Waals surface area contributed by atoms with Crippen LogP contribution >= 0.6 is 11.3 Å². The number of thiazole rings is 1. The summed E-state index contributed by atoms with van der Waals surface area (Å²) in [7, 11) is 0. The molecule has 3 aromatic heterocycles. The highest BCUT2D eigenvalue weighted by molar-refractivity contribution is 7.18. The number of hydrogen-bond acceptors (Lipinski definition) is 7. The molecular formula is C21H22F3N7OS. The van der Waals surface area contributed by atoms with Crippen molar-refractivity contribution in [2.45, 2.75) is 45.1 Å². The van der Waals surface area contributed by atoms with Crippen molar-refractivity contribution in [1.29, 1.82) is 0 Å². The van der Waals surface area contributed by atoms with Gasteiger partial charge >= 0.3 is 6.18 Å². The van der Waals surface area contributed by atoms with Gasteiger partial charge in [-0.05, 0) is 38.0 Å². The Labute approximate surface area is 190 Å². The number of rotatable bonds is 4. The van der Waals surface area contributed by atoms with Gasteiger partial charge in [0.25, 0.3) is 5.56 Å². The number of nitrogens with two attached hydrogens (primary N) is 1. The SMILES string of the molecule is CCn1c(N2CCC[C@@H](N)C2)nc2cnn(Cc3nc4cc(C(F)(F)F)ccc4s3)c(=O)c21. The van der Waals surface area contributed by atoms with Crippen LogP contribution in [0, 0.1) is 0 Å². The maximum absolute atomic E-state index is 13.3. The van der Waals surface area contributed by atoms with Crippen LogP contribution in [0.25, 0.3) is 21.3 Å². The predicted octanol–water partition coefficient (Wildman–Crippen LogP) is 3.22. The smallest absolute Gasteiger partial charge is 0.341 e. The number of hydrogen-bond donors (Lipinski definition) is 1. The van der Waals surface area contributed by atoms with Gasteiger partial charge in [0.05, 0.1) is 28.5 Å². The Hall–Kier alpha value is -2.99. The summed E-state index contributed by atoms with van der Waals surface area (Å²) in [6.07, 6.45) is -0.963. The van der Waals surface area contributed by atoms with Crippen molar-refractivity contribution in [3.8, 4) is 0 Å². The zero-order chi connectivity index (χ0) is 23.3. The van der Waals surface area contributed by atoms with Gasteiger partial charge in [0.1, 0.15) is 16.0 Å². The van der Waals surface area contributed by atoms with E-state index in [1.807, 2.05) is 11.5 Å². The monoisotopic (exact) mass is 477 g/mol. The fourth-order valence-corrected chi connectivity index (χ4v) is 5.20. The molecule has 0 saturated carbocycles. The van der Waals surface area contributed by atoms with Crippen LogP contribution in [-0.4, -0.2) is 43.4 Å². The normalized spacial score (nSPS) is 17.4. The molecule has 1 fully saturated rings. The van der Waals surface area contributed by atoms with E-state index in [0.717, 1.165) is 31.5 Å². The van der Waals surface area contributed by atoms with Crippen LogP contribution in [-0.2, 0) is 19.3 Å². The van der Waals surface area contributed by atoms with Crippen molar-refractivity contribution < 1.29 is 13.2 Å². The highest BCUT2D eigenvalue weighted by atomic mass is 32.1. The molecule has 0 aliphatic carbocycles. The number of nitrogens with zero attached hydrogens (tertiary/aromatic N) is 6. The summed E-state index contributed by atoms with van der Waals surface area (Å²) >= 11 is 1.24. The number of anilines is 1. The van der Waals surface area contributed by atoms with Crippen molar-refractivity contribution >= 4 is 38.5 Å². The molecule has 0 bridgehead atoms. The van der Waals surface area contributed by atoms with E-state index in [-0.39, 0.29) is 23.7 Å². The molecular weight excluding hydrogens is 455 g/mol. The molecule has 8 nitrogen and oxygen atoms in total. The van der Waals surface area contributed by atoms with Crippen molar-refractivity contribution in [1.82, 2.24) is 24.3 Å². The molecule has 174 valence electrons. The van der Waals surface area contributed by atoms with Crippen LogP contribution in [0.3, 0.4) is 0 Å². The highest BCUT2D eigenvalue weighted by Gasteiger charge is 2.31. The van der Waals surface area contributed by atoms with Gasteiger partial charge < -0.3 is 15.2 Å². The molecule has 5 rings (SSSR count). The van der Waals surface area contributed by atoms with E-state index in [0.29, 0.717) is 39.8 Å². The van der Waals surface area contributed by atoms with Gasteiger partial charge in [0.15, 0.2) is 0 Å². The van der Waals surface area contributed by atoms with Crippen LogP contribution in [0.1, 0.15) is 30.3 Å². The fourth-order valence-electron chi connectivity index (χ4n) is 4.27. The molecule has 4 aromatic rings. The van der Waals surface area contributed by atoms with E-state index in [1.165, 1.54) is 22.1 Å².